The first kappa shape index (κ1) is 24.0. The number of anilines is 1. The molecule has 0 atom stereocenters. The summed E-state index contributed by atoms with van der Waals surface area (Å²) >= 11 is 15.4. The molecule has 0 saturated carbocycles. The van der Waals surface area contributed by atoms with Gasteiger partial charge >= 0.3 is 6.03 Å². The predicted octanol–water partition coefficient (Wildman–Crippen LogP) is 6.31. The Morgan fingerprint density at radius 3 is 2.53 bits per heavy atom. The van der Waals surface area contributed by atoms with Crippen LogP contribution in [0.1, 0.15) is 16.7 Å². The number of nitrogens with zero attached hydrogens (tertiary/aromatic N) is 1. The van der Waals surface area contributed by atoms with Crippen molar-refractivity contribution in [3.8, 4) is 5.75 Å². The summed E-state index contributed by atoms with van der Waals surface area (Å²) in [5.41, 5.74) is 2.52. The van der Waals surface area contributed by atoms with E-state index in [-0.39, 0.29) is 21.3 Å². The summed E-state index contributed by atoms with van der Waals surface area (Å²) in [6, 6.07) is 16.6. The van der Waals surface area contributed by atoms with Crippen LogP contribution in [0.5, 0.6) is 5.75 Å². The van der Waals surface area contributed by atoms with Crippen molar-refractivity contribution >= 4 is 68.7 Å². The molecule has 3 aromatic carbocycles. The number of ether oxygens (including phenoxy) is 1. The molecule has 0 radical (unpaired) electrons. The third-order valence-corrected chi connectivity index (χ3v) is 6.24. The van der Waals surface area contributed by atoms with E-state index >= 15 is 0 Å². The van der Waals surface area contributed by atoms with E-state index in [0.29, 0.717) is 17.9 Å². The molecule has 1 N–H and O–H groups in total. The summed E-state index contributed by atoms with van der Waals surface area (Å²) in [5.74, 6) is -1.14. The molecular formula is C25H17BrCl2N2O4. The molecule has 4 amide bonds. The number of carbonyl (C=O) groups excluding carboxylic acids is 3. The van der Waals surface area contributed by atoms with Gasteiger partial charge in [0.05, 0.1) is 15.7 Å². The van der Waals surface area contributed by atoms with Gasteiger partial charge in [-0.2, -0.15) is 0 Å². The number of nitrogens with one attached hydrogen (secondary N) is 1. The second kappa shape index (κ2) is 10.0. The predicted molar refractivity (Wildman–Crippen MR) is 135 cm³/mol. The van der Waals surface area contributed by atoms with Crippen LogP contribution in [0.25, 0.3) is 6.08 Å². The maximum atomic E-state index is 13.2. The highest BCUT2D eigenvalue weighted by Crippen LogP contribution is 2.31. The second-order valence-electron chi connectivity index (χ2n) is 7.52. The largest absolute Gasteiger partial charge is 0.488 e. The average molecular weight is 560 g/mol. The number of rotatable bonds is 5. The molecule has 3 aromatic rings. The minimum Gasteiger partial charge on any atom is -0.488 e. The minimum atomic E-state index is -0.879. The average Bonchev–Trinajstić information content (AvgIpc) is 2.78. The van der Waals surface area contributed by atoms with Crippen LogP contribution >= 0.6 is 39.1 Å². The van der Waals surface area contributed by atoms with E-state index in [9.17, 15) is 14.4 Å². The van der Waals surface area contributed by atoms with Gasteiger partial charge in [0, 0.05) is 10.0 Å². The van der Waals surface area contributed by atoms with Crippen LogP contribution in [0.4, 0.5) is 10.5 Å². The molecule has 9 heteroatoms. The number of halogens is 3. The van der Waals surface area contributed by atoms with E-state index in [0.717, 1.165) is 20.5 Å². The number of urea groups is 1. The Balaban J connectivity index is 1.68. The maximum Gasteiger partial charge on any atom is 0.335 e. The van der Waals surface area contributed by atoms with E-state index in [1.54, 1.807) is 18.2 Å². The lowest BCUT2D eigenvalue weighted by Crippen LogP contribution is -2.54. The number of carbonyl (C=O) groups is 3. The van der Waals surface area contributed by atoms with Gasteiger partial charge in [-0.1, -0.05) is 69.0 Å². The third-order valence-electron chi connectivity index (χ3n) is 5.01. The van der Waals surface area contributed by atoms with Crippen molar-refractivity contribution in [3.05, 3.63) is 97.4 Å². The number of imide groups is 2. The van der Waals surface area contributed by atoms with E-state index in [4.69, 9.17) is 27.9 Å². The summed E-state index contributed by atoms with van der Waals surface area (Å²) < 4.78 is 6.71. The molecule has 0 unspecified atom stereocenters. The standard InChI is InChI=1S/C25H17BrCl2N2O4/c1-14-3-2-4-15(9-14)13-34-22-8-5-17(26)10-16(22)11-19-23(31)29-25(33)30(24(19)32)18-6-7-20(27)21(28)12-18/h2-12H,13H2,1H3,(H,29,31,33)/b19-11+. The van der Waals surface area contributed by atoms with Crippen LogP contribution in [0.3, 0.4) is 0 Å². The molecule has 6 nitrogen and oxygen atoms in total. The quantitative estimate of drug-likeness (QED) is 0.293. The number of barbiturate groups is 1. The normalized spacial score (nSPS) is 15.0. The molecule has 1 aliphatic rings. The Morgan fingerprint density at radius 1 is 1.00 bits per heavy atom. The van der Waals surface area contributed by atoms with Crippen LogP contribution in [0, 0.1) is 6.92 Å². The molecule has 0 aromatic heterocycles. The zero-order valence-corrected chi connectivity index (χ0v) is 20.9. The van der Waals surface area contributed by atoms with Gasteiger partial charge in [-0.3, -0.25) is 14.9 Å². The van der Waals surface area contributed by atoms with Crippen molar-refractivity contribution < 1.29 is 19.1 Å². The smallest absolute Gasteiger partial charge is 0.335 e. The van der Waals surface area contributed by atoms with Gasteiger partial charge in [-0.15, -0.1) is 0 Å². The number of hydrogen-bond acceptors (Lipinski definition) is 4. The van der Waals surface area contributed by atoms with Gasteiger partial charge in [0.2, 0.25) is 0 Å². The monoisotopic (exact) mass is 558 g/mol. The van der Waals surface area contributed by atoms with Crippen molar-refractivity contribution in [3.63, 3.8) is 0 Å². The Hall–Kier alpha value is -3.13. The number of amides is 4. The highest BCUT2D eigenvalue weighted by atomic mass is 79.9. The zero-order valence-electron chi connectivity index (χ0n) is 17.8. The van der Waals surface area contributed by atoms with E-state index < -0.39 is 17.8 Å². The van der Waals surface area contributed by atoms with Crippen LogP contribution < -0.4 is 15.0 Å². The number of benzene rings is 3. The zero-order chi connectivity index (χ0) is 24.4. The number of aryl methyl sites for hydroxylation is 1. The lowest BCUT2D eigenvalue weighted by atomic mass is 10.1. The lowest BCUT2D eigenvalue weighted by Gasteiger charge is -2.26. The SMILES string of the molecule is Cc1cccc(COc2ccc(Br)cc2/C=C2\C(=O)NC(=O)N(c3ccc(Cl)c(Cl)c3)C2=O)c1. The summed E-state index contributed by atoms with van der Waals surface area (Å²) in [6.45, 7) is 2.29. The Morgan fingerprint density at radius 2 is 1.79 bits per heavy atom. The molecule has 1 aliphatic heterocycles. The molecule has 172 valence electrons. The van der Waals surface area contributed by atoms with Gasteiger partial charge in [0.25, 0.3) is 11.8 Å². The minimum absolute atomic E-state index is 0.168. The van der Waals surface area contributed by atoms with E-state index in [1.807, 2.05) is 31.2 Å². The molecule has 1 saturated heterocycles. The summed E-state index contributed by atoms with van der Waals surface area (Å²) in [7, 11) is 0. The van der Waals surface area contributed by atoms with Crippen LogP contribution in [-0.4, -0.2) is 17.8 Å². The first-order valence-electron chi connectivity index (χ1n) is 10.1. The first-order valence-corrected chi connectivity index (χ1v) is 11.6. The Labute approximate surface area is 214 Å². The van der Waals surface area contributed by atoms with Crippen LogP contribution in [0.2, 0.25) is 10.0 Å². The molecule has 34 heavy (non-hydrogen) atoms. The Bertz CT molecular complexity index is 1360. The van der Waals surface area contributed by atoms with Crippen molar-refractivity contribution in [1.29, 1.82) is 0 Å². The van der Waals surface area contributed by atoms with Crippen molar-refractivity contribution in [1.82, 2.24) is 5.32 Å². The summed E-state index contributed by atoms with van der Waals surface area (Å²) in [5, 5.41) is 2.63. The summed E-state index contributed by atoms with van der Waals surface area (Å²) in [6.07, 6.45) is 1.39. The Kier molecular flexibility index (Phi) is 7.07. The van der Waals surface area contributed by atoms with Crippen molar-refractivity contribution in [2.75, 3.05) is 4.90 Å². The number of hydrogen-bond donors (Lipinski definition) is 1. The highest BCUT2D eigenvalue weighted by molar-refractivity contribution is 9.10. The maximum absolute atomic E-state index is 13.2. The molecule has 0 aliphatic carbocycles. The lowest BCUT2D eigenvalue weighted by molar-refractivity contribution is -0.122. The molecule has 1 fully saturated rings. The third kappa shape index (κ3) is 5.17. The van der Waals surface area contributed by atoms with Gasteiger partial charge in [-0.25, -0.2) is 9.69 Å². The topological polar surface area (TPSA) is 75.7 Å². The van der Waals surface area contributed by atoms with E-state index in [2.05, 4.69) is 21.2 Å². The molecular weight excluding hydrogens is 543 g/mol. The molecule has 0 bridgehead atoms. The molecule has 1 heterocycles. The first-order chi connectivity index (χ1) is 16.2. The van der Waals surface area contributed by atoms with Gasteiger partial charge in [0.1, 0.15) is 17.9 Å². The highest BCUT2D eigenvalue weighted by Gasteiger charge is 2.37. The van der Waals surface area contributed by atoms with Crippen molar-refractivity contribution in [2.24, 2.45) is 0 Å². The van der Waals surface area contributed by atoms with Crippen LogP contribution in [0.15, 0.2) is 70.7 Å². The molecule has 0 spiro atoms. The van der Waals surface area contributed by atoms with Crippen LogP contribution in [-0.2, 0) is 16.2 Å². The van der Waals surface area contributed by atoms with Gasteiger partial charge < -0.3 is 4.74 Å². The van der Waals surface area contributed by atoms with Gasteiger partial charge in [-0.05, 0) is 55.0 Å². The fourth-order valence-corrected chi connectivity index (χ4v) is 4.07. The van der Waals surface area contributed by atoms with Crippen molar-refractivity contribution in [2.45, 2.75) is 13.5 Å². The fourth-order valence-electron chi connectivity index (χ4n) is 3.40. The van der Waals surface area contributed by atoms with E-state index in [1.165, 1.54) is 24.3 Å². The second-order valence-corrected chi connectivity index (χ2v) is 9.25. The molecule has 4 rings (SSSR count). The fraction of sp³-hybridized carbons (Fsp3) is 0.0800. The van der Waals surface area contributed by atoms with Gasteiger partial charge in [0.15, 0.2) is 0 Å². The summed E-state index contributed by atoms with van der Waals surface area (Å²) in [4.78, 5) is 39.1.